The Morgan fingerprint density at radius 3 is 2.71 bits per heavy atom. The summed E-state index contributed by atoms with van der Waals surface area (Å²) in [6.45, 7) is 0.613. The molecular weight excluding hydrogens is 286 g/mol. The molecule has 0 spiro atoms. The van der Waals surface area contributed by atoms with Crippen molar-refractivity contribution in [2.75, 3.05) is 13.2 Å². The Bertz CT molecular complexity index is 617. The highest BCUT2D eigenvalue weighted by molar-refractivity contribution is 7.09. The fraction of sp³-hybridized carbons (Fsp3) is 0.400. The number of nitrogens with zero attached hydrogens (tertiary/aromatic N) is 2. The van der Waals surface area contributed by atoms with E-state index < -0.39 is 0 Å². The summed E-state index contributed by atoms with van der Waals surface area (Å²) in [7, 11) is 0. The predicted molar refractivity (Wildman–Crippen MR) is 81.0 cm³/mol. The van der Waals surface area contributed by atoms with Crippen LogP contribution < -0.4 is 5.32 Å². The monoisotopic (exact) mass is 303 g/mol. The second-order valence-electron chi connectivity index (χ2n) is 5.51. The molecule has 110 valence electrons. The third-order valence-corrected chi connectivity index (χ3v) is 4.89. The SMILES string of the molecule is O=C(NCC1(CO)CCC1)c1nnsc1-c1ccccc1. The second-order valence-corrected chi connectivity index (χ2v) is 6.27. The van der Waals surface area contributed by atoms with E-state index >= 15 is 0 Å². The van der Waals surface area contributed by atoms with Gasteiger partial charge in [-0.05, 0) is 29.9 Å². The lowest BCUT2D eigenvalue weighted by Crippen LogP contribution is -2.44. The first-order valence-corrected chi connectivity index (χ1v) is 7.78. The first-order valence-electron chi connectivity index (χ1n) is 7.01. The average Bonchev–Trinajstić information content (AvgIpc) is 2.97. The Morgan fingerprint density at radius 1 is 1.33 bits per heavy atom. The summed E-state index contributed by atoms with van der Waals surface area (Å²) < 4.78 is 3.90. The van der Waals surface area contributed by atoms with Gasteiger partial charge in [0, 0.05) is 12.0 Å². The lowest BCUT2D eigenvalue weighted by Gasteiger charge is -2.40. The van der Waals surface area contributed by atoms with Gasteiger partial charge in [-0.1, -0.05) is 41.2 Å². The fourth-order valence-electron chi connectivity index (χ4n) is 2.54. The summed E-state index contributed by atoms with van der Waals surface area (Å²) in [5.41, 5.74) is 1.17. The van der Waals surface area contributed by atoms with Gasteiger partial charge in [0.15, 0.2) is 5.69 Å². The highest BCUT2D eigenvalue weighted by Gasteiger charge is 2.36. The van der Waals surface area contributed by atoms with E-state index in [2.05, 4.69) is 14.9 Å². The maximum atomic E-state index is 12.3. The summed E-state index contributed by atoms with van der Waals surface area (Å²) in [6.07, 6.45) is 3.04. The third kappa shape index (κ3) is 2.82. The zero-order chi connectivity index (χ0) is 14.7. The standard InChI is InChI=1S/C15H17N3O2S/c19-10-15(7-4-8-15)9-16-14(20)12-13(21-18-17-12)11-5-2-1-3-6-11/h1-3,5-6,19H,4,7-10H2,(H,16,20). The Hall–Kier alpha value is -1.79. The molecule has 6 heteroatoms. The number of carbonyl (C=O) groups is 1. The highest BCUT2D eigenvalue weighted by Crippen LogP contribution is 2.39. The van der Waals surface area contributed by atoms with Crippen molar-refractivity contribution in [3.8, 4) is 10.4 Å². The van der Waals surface area contributed by atoms with Crippen molar-refractivity contribution >= 4 is 17.4 Å². The molecule has 0 unspecified atom stereocenters. The van der Waals surface area contributed by atoms with Gasteiger partial charge < -0.3 is 10.4 Å². The van der Waals surface area contributed by atoms with E-state index in [-0.39, 0.29) is 17.9 Å². The number of hydrogen-bond acceptors (Lipinski definition) is 5. The van der Waals surface area contributed by atoms with E-state index in [4.69, 9.17) is 0 Å². The first-order chi connectivity index (χ1) is 10.2. The van der Waals surface area contributed by atoms with Crippen LogP contribution in [0.5, 0.6) is 0 Å². The number of hydrogen-bond donors (Lipinski definition) is 2. The number of aliphatic hydroxyl groups excluding tert-OH is 1. The van der Waals surface area contributed by atoms with E-state index in [1.165, 1.54) is 11.5 Å². The lowest BCUT2D eigenvalue weighted by atomic mass is 9.69. The van der Waals surface area contributed by atoms with Gasteiger partial charge in [-0.25, -0.2) is 0 Å². The fourth-order valence-corrected chi connectivity index (χ4v) is 3.20. The van der Waals surface area contributed by atoms with Crippen LogP contribution in [0.4, 0.5) is 0 Å². The molecule has 1 aromatic carbocycles. The topological polar surface area (TPSA) is 75.1 Å². The van der Waals surface area contributed by atoms with Crippen molar-refractivity contribution in [2.45, 2.75) is 19.3 Å². The molecule has 5 nitrogen and oxygen atoms in total. The number of amides is 1. The number of benzene rings is 1. The number of carbonyl (C=O) groups excluding carboxylic acids is 1. The van der Waals surface area contributed by atoms with Crippen LogP contribution in [-0.2, 0) is 0 Å². The van der Waals surface area contributed by atoms with Gasteiger partial charge in [0.2, 0.25) is 0 Å². The van der Waals surface area contributed by atoms with E-state index in [1.807, 2.05) is 30.3 Å². The summed E-state index contributed by atoms with van der Waals surface area (Å²) in [5, 5.41) is 16.3. The van der Waals surface area contributed by atoms with Crippen molar-refractivity contribution in [3.63, 3.8) is 0 Å². The van der Waals surface area contributed by atoms with E-state index in [0.717, 1.165) is 29.7 Å². The molecule has 0 saturated heterocycles. The van der Waals surface area contributed by atoms with Crippen LogP contribution in [-0.4, -0.2) is 33.8 Å². The smallest absolute Gasteiger partial charge is 0.273 e. The minimum Gasteiger partial charge on any atom is -0.396 e. The molecule has 2 N–H and O–H groups in total. The minimum atomic E-state index is -0.220. The van der Waals surface area contributed by atoms with Gasteiger partial charge in [0.25, 0.3) is 5.91 Å². The second kappa shape index (κ2) is 5.91. The largest absolute Gasteiger partial charge is 0.396 e. The zero-order valence-electron chi connectivity index (χ0n) is 11.6. The molecule has 1 aliphatic carbocycles. The molecular formula is C15H17N3O2S. The summed E-state index contributed by atoms with van der Waals surface area (Å²) in [5.74, 6) is -0.220. The van der Waals surface area contributed by atoms with Crippen molar-refractivity contribution in [3.05, 3.63) is 36.0 Å². The Kier molecular flexibility index (Phi) is 3.98. The quantitative estimate of drug-likeness (QED) is 0.887. The van der Waals surface area contributed by atoms with Gasteiger partial charge in [0.05, 0.1) is 11.5 Å². The minimum absolute atomic E-state index is 0.119. The molecule has 2 aromatic rings. The molecule has 0 radical (unpaired) electrons. The molecule has 1 aliphatic rings. The Balaban J connectivity index is 1.73. The Labute approximate surface area is 127 Å². The first kappa shape index (κ1) is 14.2. The van der Waals surface area contributed by atoms with Crippen LogP contribution in [0.2, 0.25) is 0 Å². The number of aromatic nitrogens is 2. The van der Waals surface area contributed by atoms with Gasteiger partial charge in [-0.2, -0.15) is 0 Å². The van der Waals surface area contributed by atoms with E-state index in [0.29, 0.717) is 12.2 Å². The molecule has 3 rings (SSSR count). The average molecular weight is 303 g/mol. The van der Waals surface area contributed by atoms with Crippen LogP contribution in [0.25, 0.3) is 10.4 Å². The summed E-state index contributed by atoms with van der Waals surface area (Å²) >= 11 is 1.22. The molecule has 1 saturated carbocycles. The molecule has 1 amide bonds. The zero-order valence-corrected chi connectivity index (χ0v) is 12.4. The maximum absolute atomic E-state index is 12.3. The van der Waals surface area contributed by atoms with Crippen molar-refractivity contribution in [1.29, 1.82) is 0 Å². The number of aliphatic hydroxyl groups is 1. The van der Waals surface area contributed by atoms with Gasteiger partial charge in [-0.3, -0.25) is 4.79 Å². The molecule has 0 atom stereocenters. The maximum Gasteiger partial charge on any atom is 0.273 e. The van der Waals surface area contributed by atoms with Crippen LogP contribution in [0, 0.1) is 5.41 Å². The summed E-state index contributed by atoms with van der Waals surface area (Å²) in [6, 6.07) is 9.65. The van der Waals surface area contributed by atoms with E-state index in [9.17, 15) is 9.90 Å². The van der Waals surface area contributed by atoms with Crippen LogP contribution in [0.3, 0.4) is 0 Å². The third-order valence-electron chi connectivity index (χ3n) is 4.11. The van der Waals surface area contributed by atoms with Crippen molar-refractivity contribution in [1.82, 2.24) is 14.9 Å². The van der Waals surface area contributed by atoms with Crippen LogP contribution in [0.1, 0.15) is 29.8 Å². The van der Waals surface area contributed by atoms with Gasteiger partial charge >= 0.3 is 0 Å². The highest BCUT2D eigenvalue weighted by atomic mass is 32.1. The normalized spacial score (nSPS) is 16.2. The molecule has 1 aromatic heterocycles. The molecule has 21 heavy (non-hydrogen) atoms. The summed E-state index contributed by atoms with van der Waals surface area (Å²) in [4.78, 5) is 13.1. The Morgan fingerprint density at radius 2 is 2.10 bits per heavy atom. The number of nitrogens with one attached hydrogen (secondary N) is 1. The van der Waals surface area contributed by atoms with E-state index in [1.54, 1.807) is 0 Å². The number of rotatable bonds is 5. The molecule has 0 bridgehead atoms. The van der Waals surface area contributed by atoms with Crippen LogP contribution >= 0.6 is 11.5 Å². The molecule has 0 aliphatic heterocycles. The van der Waals surface area contributed by atoms with Crippen molar-refractivity contribution < 1.29 is 9.90 Å². The predicted octanol–water partition coefficient (Wildman–Crippen LogP) is 2.10. The molecule has 1 fully saturated rings. The van der Waals surface area contributed by atoms with Gasteiger partial charge in [0.1, 0.15) is 0 Å². The van der Waals surface area contributed by atoms with Crippen molar-refractivity contribution in [2.24, 2.45) is 5.41 Å². The van der Waals surface area contributed by atoms with Crippen LogP contribution in [0.15, 0.2) is 30.3 Å². The van der Waals surface area contributed by atoms with Gasteiger partial charge in [-0.15, -0.1) is 5.10 Å². The molecule has 1 heterocycles. The lowest BCUT2D eigenvalue weighted by molar-refractivity contribution is 0.0428.